The van der Waals surface area contributed by atoms with Crippen molar-refractivity contribution >= 4 is 29.5 Å². The van der Waals surface area contributed by atoms with Crippen LogP contribution in [-0.4, -0.2) is 31.9 Å². The molecule has 0 saturated heterocycles. The van der Waals surface area contributed by atoms with E-state index in [1.165, 1.54) is 0 Å². The van der Waals surface area contributed by atoms with Crippen molar-refractivity contribution in [2.45, 2.75) is 13.8 Å². The van der Waals surface area contributed by atoms with Gasteiger partial charge in [0, 0.05) is 10.7 Å². The van der Waals surface area contributed by atoms with Crippen LogP contribution in [0.25, 0.3) is 0 Å². The normalized spacial score (nSPS) is 10.1. The van der Waals surface area contributed by atoms with E-state index < -0.39 is 12.2 Å². The lowest BCUT2D eigenvalue weighted by Crippen LogP contribution is -2.30. The summed E-state index contributed by atoms with van der Waals surface area (Å²) in [4.78, 5) is 22.7. The minimum absolute atomic E-state index is 0.0518. The molecule has 0 aliphatic heterocycles. The van der Waals surface area contributed by atoms with Gasteiger partial charge in [0.15, 0.2) is 0 Å². The highest BCUT2D eigenvalue weighted by Crippen LogP contribution is 2.13. The van der Waals surface area contributed by atoms with Crippen LogP contribution in [0.4, 0.5) is 15.3 Å². The van der Waals surface area contributed by atoms with Crippen molar-refractivity contribution in [1.29, 1.82) is 0 Å². The van der Waals surface area contributed by atoms with Crippen LogP contribution in [-0.2, 0) is 9.47 Å². The number of anilines is 1. The molecule has 1 aromatic rings. The fraction of sp³-hybridized carbons (Fsp3) is 0.429. The average molecular weight is 315 g/mol. The Hall–Kier alpha value is -1.95. The molecule has 116 valence electrons. The zero-order chi connectivity index (χ0) is 15.7. The van der Waals surface area contributed by atoms with Crippen LogP contribution in [0.2, 0.25) is 5.02 Å². The molecule has 1 rings (SSSR count). The summed E-state index contributed by atoms with van der Waals surface area (Å²) in [5.74, 6) is 0.275. The maximum absolute atomic E-state index is 11.4. The maximum Gasteiger partial charge on any atom is 0.411 e. The number of ether oxygens (including phenoxy) is 2. The standard InChI is InChI=1S/C14H19ClN2O4/c1-10(2)9-21-13(18)16-7-8-20-14(19)17-12-5-3-11(15)4-6-12/h3-6,10H,7-9H2,1-2H3,(H,16,18)(H,17,19). The predicted octanol–water partition coefficient (Wildman–Crippen LogP) is 3.27. The molecule has 0 aliphatic carbocycles. The SMILES string of the molecule is CC(C)COC(=O)NCCOC(=O)Nc1ccc(Cl)cc1. The Morgan fingerprint density at radius 3 is 2.43 bits per heavy atom. The fourth-order valence-corrected chi connectivity index (χ4v) is 1.40. The Kier molecular flexibility index (Phi) is 7.39. The number of alkyl carbamates (subject to hydrolysis) is 1. The average Bonchev–Trinajstić information content (AvgIpc) is 2.44. The zero-order valence-electron chi connectivity index (χ0n) is 12.0. The minimum Gasteiger partial charge on any atom is -0.449 e. The van der Waals surface area contributed by atoms with Gasteiger partial charge in [0.05, 0.1) is 13.2 Å². The molecule has 0 atom stereocenters. The van der Waals surface area contributed by atoms with Gasteiger partial charge in [0.2, 0.25) is 0 Å². The second-order valence-corrected chi connectivity index (χ2v) is 5.12. The number of carbonyl (C=O) groups is 2. The molecule has 2 amide bonds. The van der Waals surface area contributed by atoms with Gasteiger partial charge in [-0.2, -0.15) is 0 Å². The van der Waals surface area contributed by atoms with Gasteiger partial charge < -0.3 is 14.8 Å². The summed E-state index contributed by atoms with van der Waals surface area (Å²) in [5, 5.41) is 5.60. The first-order valence-electron chi connectivity index (χ1n) is 6.57. The van der Waals surface area contributed by atoms with E-state index in [9.17, 15) is 9.59 Å². The number of amides is 2. The monoisotopic (exact) mass is 314 g/mol. The summed E-state index contributed by atoms with van der Waals surface area (Å²) in [5.41, 5.74) is 0.578. The molecule has 6 nitrogen and oxygen atoms in total. The second-order valence-electron chi connectivity index (χ2n) is 4.69. The van der Waals surface area contributed by atoms with Crippen molar-refractivity contribution in [2.24, 2.45) is 5.92 Å². The molecule has 21 heavy (non-hydrogen) atoms. The fourth-order valence-electron chi connectivity index (χ4n) is 1.28. The first-order chi connectivity index (χ1) is 9.97. The van der Waals surface area contributed by atoms with Crippen LogP contribution in [0, 0.1) is 5.92 Å². The highest BCUT2D eigenvalue weighted by molar-refractivity contribution is 6.30. The molecule has 0 bridgehead atoms. The van der Waals surface area contributed by atoms with E-state index in [0.29, 0.717) is 17.3 Å². The summed E-state index contributed by atoms with van der Waals surface area (Å²) >= 11 is 5.73. The lowest BCUT2D eigenvalue weighted by atomic mass is 10.2. The van der Waals surface area contributed by atoms with Crippen molar-refractivity contribution < 1.29 is 19.1 Å². The van der Waals surface area contributed by atoms with Gasteiger partial charge in [-0.1, -0.05) is 25.4 Å². The molecule has 0 aromatic heterocycles. The van der Waals surface area contributed by atoms with Crippen LogP contribution >= 0.6 is 11.6 Å². The van der Waals surface area contributed by atoms with Gasteiger partial charge in [-0.3, -0.25) is 5.32 Å². The first-order valence-corrected chi connectivity index (χ1v) is 6.95. The van der Waals surface area contributed by atoms with Crippen LogP contribution in [0.3, 0.4) is 0 Å². The van der Waals surface area contributed by atoms with Crippen molar-refractivity contribution in [2.75, 3.05) is 25.1 Å². The van der Waals surface area contributed by atoms with Gasteiger partial charge in [-0.25, -0.2) is 9.59 Å². The summed E-state index contributed by atoms with van der Waals surface area (Å²) in [6.45, 7) is 4.47. The van der Waals surface area contributed by atoms with Crippen LogP contribution in [0.5, 0.6) is 0 Å². The molecule has 0 spiro atoms. The van der Waals surface area contributed by atoms with Crippen LogP contribution < -0.4 is 10.6 Å². The van der Waals surface area contributed by atoms with Gasteiger partial charge in [-0.05, 0) is 30.2 Å². The number of hydrogen-bond donors (Lipinski definition) is 2. The first kappa shape index (κ1) is 17.1. The van der Waals surface area contributed by atoms with Crippen molar-refractivity contribution in [1.82, 2.24) is 5.32 Å². The third-order valence-corrected chi connectivity index (χ3v) is 2.49. The molecule has 1 aromatic carbocycles. The number of carbonyl (C=O) groups excluding carboxylic acids is 2. The van der Waals surface area contributed by atoms with Gasteiger partial charge in [0.1, 0.15) is 6.61 Å². The third-order valence-electron chi connectivity index (χ3n) is 2.24. The molecule has 2 N–H and O–H groups in total. The molecule has 0 heterocycles. The quantitative estimate of drug-likeness (QED) is 0.790. The molecule has 0 saturated carbocycles. The lowest BCUT2D eigenvalue weighted by Gasteiger charge is -2.09. The Balaban J connectivity index is 2.13. The van der Waals surface area contributed by atoms with E-state index >= 15 is 0 Å². The number of nitrogens with one attached hydrogen (secondary N) is 2. The van der Waals surface area contributed by atoms with E-state index in [1.54, 1.807) is 24.3 Å². The molecule has 7 heteroatoms. The smallest absolute Gasteiger partial charge is 0.411 e. The summed E-state index contributed by atoms with van der Waals surface area (Å²) < 4.78 is 9.80. The Morgan fingerprint density at radius 2 is 1.81 bits per heavy atom. The zero-order valence-corrected chi connectivity index (χ0v) is 12.8. The topological polar surface area (TPSA) is 76.7 Å². The van der Waals surface area contributed by atoms with E-state index in [2.05, 4.69) is 10.6 Å². The van der Waals surface area contributed by atoms with E-state index in [4.69, 9.17) is 21.1 Å². The van der Waals surface area contributed by atoms with Crippen LogP contribution in [0.1, 0.15) is 13.8 Å². The Labute approximate surface area is 128 Å². The molecular weight excluding hydrogens is 296 g/mol. The molecule has 0 radical (unpaired) electrons. The number of rotatable bonds is 6. The lowest BCUT2D eigenvalue weighted by molar-refractivity contribution is 0.127. The van der Waals surface area contributed by atoms with Gasteiger partial charge >= 0.3 is 12.2 Å². The van der Waals surface area contributed by atoms with Crippen molar-refractivity contribution in [3.05, 3.63) is 29.3 Å². The van der Waals surface area contributed by atoms with Gasteiger partial charge in [-0.15, -0.1) is 0 Å². The Morgan fingerprint density at radius 1 is 1.14 bits per heavy atom. The van der Waals surface area contributed by atoms with Crippen molar-refractivity contribution in [3.63, 3.8) is 0 Å². The molecule has 0 fully saturated rings. The Bertz CT molecular complexity index is 463. The molecule has 0 aliphatic rings. The summed E-state index contributed by atoms with van der Waals surface area (Å²) in [6.07, 6.45) is -1.12. The number of hydrogen-bond acceptors (Lipinski definition) is 4. The van der Waals surface area contributed by atoms with Gasteiger partial charge in [0.25, 0.3) is 0 Å². The molecule has 0 unspecified atom stereocenters. The second kappa shape index (κ2) is 9.07. The van der Waals surface area contributed by atoms with E-state index in [-0.39, 0.29) is 19.1 Å². The van der Waals surface area contributed by atoms with E-state index in [1.807, 2.05) is 13.8 Å². The predicted molar refractivity (Wildman–Crippen MR) is 80.6 cm³/mol. The summed E-state index contributed by atoms with van der Waals surface area (Å²) in [7, 11) is 0. The largest absolute Gasteiger partial charge is 0.449 e. The highest BCUT2D eigenvalue weighted by Gasteiger charge is 2.05. The highest BCUT2D eigenvalue weighted by atomic mass is 35.5. The number of halogens is 1. The third kappa shape index (κ3) is 8.04. The minimum atomic E-state index is -0.602. The van der Waals surface area contributed by atoms with E-state index in [0.717, 1.165) is 0 Å². The van der Waals surface area contributed by atoms with Crippen LogP contribution in [0.15, 0.2) is 24.3 Å². The van der Waals surface area contributed by atoms with Crippen molar-refractivity contribution in [3.8, 4) is 0 Å². The summed E-state index contributed by atoms with van der Waals surface area (Å²) in [6, 6.07) is 6.63. The molecular formula is C14H19ClN2O4. The maximum atomic E-state index is 11.4. The number of benzene rings is 1.